The van der Waals surface area contributed by atoms with Crippen molar-refractivity contribution in [2.75, 3.05) is 11.9 Å². The summed E-state index contributed by atoms with van der Waals surface area (Å²) >= 11 is 0. The second kappa shape index (κ2) is 13.9. The molecule has 0 spiro atoms. The third-order valence-corrected chi connectivity index (χ3v) is 12.3. The number of carbonyl (C=O) groups excluding carboxylic acids is 4. The molecule has 2 aromatic rings. The van der Waals surface area contributed by atoms with Crippen molar-refractivity contribution in [3.05, 3.63) is 77.4 Å². The minimum absolute atomic E-state index is 0.0140. The van der Waals surface area contributed by atoms with Crippen LogP contribution in [0.25, 0.3) is 0 Å². The molecule has 0 unspecified atom stereocenters. The average Bonchev–Trinajstić information content (AvgIpc) is 3.98. The number of amides is 4. The van der Waals surface area contributed by atoms with E-state index in [1.165, 1.54) is 40.1 Å². The van der Waals surface area contributed by atoms with E-state index < -0.39 is 80.4 Å². The molecule has 51 heavy (non-hydrogen) atoms. The molecule has 15 heteroatoms. The van der Waals surface area contributed by atoms with Gasteiger partial charge in [-0.1, -0.05) is 37.1 Å². The number of benzene rings is 2. The number of hydrogen-bond acceptors (Lipinski definition) is 8. The van der Waals surface area contributed by atoms with Crippen molar-refractivity contribution in [2.45, 2.75) is 99.9 Å². The Morgan fingerprint density at radius 1 is 0.980 bits per heavy atom. The monoisotopic (exact) mass is 725 g/mol. The number of anilines is 1. The van der Waals surface area contributed by atoms with Crippen molar-refractivity contribution in [3.8, 4) is 0 Å². The molecule has 1 saturated heterocycles. The lowest BCUT2D eigenvalue weighted by molar-refractivity contribution is -0.140. The minimum atomic E-state index is -3.91. The minimum Gasteiger partial charge on any atom is -0.444 e. The van der Waals surface area contributed by atoms with Crippen molar-refractivity contribution in [2.24, 2.45) is 5.92 Å². The molecule has 0 radical (unpaired) electrons. The fourth-order valence-corrected chi connectivity index (χ4v) is 8.69. The average molecular weight is 726 g/mol. The summed E-state index contributed by atoms with van der Waals surface area (Å²) in [6, 6.07) is 8.23. The molecule has 272 valence electrons. The Labute approximate surface area is 295 Å². The number of halogens is 2. The van der Waals surface area contributed by atoms with E-state index >= 15 is 0 Å². The lowest BCUT2D eigenvalue weighted by atomic mass is 10.0. The van der Waals surface area contributed by atoms with Crippen molar-refractivity contribution < 1.29 is 41.1 Å². The molecule has 5 atom stereocenters. The number of rotatable bonds is 6. The van der Waals surface area contributed by atoms with Crippen molar-refractivity contribution in [1.29, 1.82) is 0 Å². The highest BCUT2D eigenvalue weighted by Gasteiger charge is 2.62. The van der Waals surface area contributed by atoms with Gasteiger partial charge >= 0.3 is 6.09 Å². The molecule has 7 rings (SSSR count). The van der Waals surface area contributed by atoms with Crippen LogP contribution in [-0.2, 0) is 42.2 Å². The molecule has 5 aliphatic rings. The molecule has 4 amide bonds. The molecule has 0 bridgehead atoms. The first-order chi connectivity index (χ1) is 24.4. The summed E-state index contributed by atoms with van der Waals surface area (Å²) < 4.78 is 61.6. The number of nitrogens with zero attached hydrogens (tertiary/aromatic N) is 2. The maximum atomic E-state index is 14.4. The van der Waals surface area contributed by atoms with Crippen LogP contribution in [0.2, 0.25) is 0 Å². The summed E-state index contributed by atoms with van der Waals surface area (Å²) in [5.74, 6) is -3.25. The second-order valence-electron chi connectivity index (χ2n) is 14.2. The van der Waals surface area contributed by atoms with Gasteiger partial charge < -0.3 is 20.3 Å². The SMILES string of the molecule is O=C1N[C@]2(C(=O)NS(=O)(=O)C3CC3)C[C@H]2C=CCCCCC[C@H](Nc2ccc(F)cc2)C(=O)N2C[C@H](OC(=O)N3Cc4cccc(F)c4C3)C[C@@H]12. The summed E-state index contributed by atoms with van der Waals surface area (Å²) in [6.07, 6.45) is 6.50. The Kier molecular flexibility index (Phi) is 9.50. The van der Waals surface area contributed by atoms with Gasteiger partial charge in [0.2, 0.25) is 21.8 Å². The zero-order valence-electron chi connectivity index (χ0n) is 28.0. The number of sulfonamides is 1. The zero-order valence-corrected chi connectivity index (χ0v) is 28.8. The molecule has 3 fully saturated rings. The molecule has 3 N–H and O–H groups in total. The van der Waals surface area contributed by atoms with Crippen LogP contribution >= 0.6 is 0 Å². The van der Waals surface area contributed by atoms with Gasteiger partial charge in [0.1, 0.15) is 35.4 Å². The topological polar surface area (TPSA) is 154 Å². The Balaban J connectivity index is 1.14. The van der Waals surface area contributed by atoms with Crippen LogP contribution < -0.4 is 15.4 Å². The highest BCUT2D eigenvalue weighted by Crippen LogP contribution is 2.46. The van der Waals surface area contributed by atoms with E-state index in [1.807, 2.05) is 12.2 Å². The van der Waals surface area contributed by atoms with Crippen LogP contribution in [0.1, 0.15) is 68.9 Å². The number of allylic oxidation sites excluding steroid dienone is 1. The maximum absolute atomic E-state index is 14.4. The fraction of sp³-hybridized carbons (Fsp3) is 0.500. The molecule has 12 nitrogen and oxygen atoms in total. The molecule has 2 saturated carbocycles. The van der Waals surface area contributed by atoms with E-state index in [0.29, 0.717) is 48.9 Å². The van der Waals surface area contributed by atoms with Gasteiger partial charge in [0.25, 0.3) is 5.91 Å². The van der Waals surface area contributed by atoms with E-state index in [1.54, 1.807) is 12.1 Å². The van der Waals surface area contributed by atoms with Crippen LogP contribution in [-0.4, -0.2) is 77.6 Å². The van der Waals surface area contributed by atoms with Gasteiger partial charge in [0.05, 0.1) is 18.3 Å². The largest absolute Gasteiger partial charge is 0.444 e. The molecule has 3 heterocycles. The molecule has 2 aliphatic carbocycles. The first-order valence-corrected chi connectivity index (χ1v) is 19.1. The van der Waals surface area contributed by atoms with E-state index in [4.69, 9.17) is 4.74 Å². The summed E-state index contributed by atoms with van der Waals surface area (Å²) in [4.78, 5) is 58.2. The zero-order chi connectivity index (χ0) is 35.9. The number of ether oxygens (including phenoxy) is 1. The Hall–Kier alpha value is -4.53. The summed E-state index contributed by atoms with van der Waals surface area (Å²) in [6.45, 7) is 0.0310. The van der Waals surface area contributed by atoms with Gasteiger partial charge in [-0.15, -0.1) is 0 Å². The van der Waals surface area contributed by atoms with Crippen LogP contribution in [0.4, 0.5) is 19.3 Å². The molecule has 0 aromatic heterocycles. The molecular weight excluding hydrogens is 684 g/mol. The highest BCUT2D eigenvalue weighted by atomic mass is 32.2. The van der Waals surface area contributed by atoms with Gasteiger partial charge in [0, 0.05) is 30.1 Å². The number of nitrogens with one attached hydrogen (secondary N) is 3. The quantitative estimate of drug-likeness (QED) is 0.380. The third kappa shape index (κ3) is 7.44. The molecular formula is C36H41F2N5O7S. The van der Waals surface area contributed by atoms with Crippen molar-refractivity contribution >= 4 is 39.5 Å². The number of hydrogen-bond donors (Lipinski definition) is 3. The highest BCUT2D eigenvalue weighted by molar-refractivity contribution is 7.91. The van der Waals surface area contributed by atoms with Gasteiger partial charge in [-0.3, -0.25) is 24.0 Å². The number of fused-ring (bicyclic) bond motifs is 3. The fourth-order valence-electron chi connectivity index (χ4n) is 7.32. The molecule has 3 aliphatic heterocycles. The Bertz CT molecular complexity index is 1850. The van der Waals surface area contributed by atoms with Gasteiger partial charge in [-0.2, -0.15) is 0 Å². The molecule has 2 aromatic carbocycles. The van der Waals surface area contributed by atoms with Crippen LogP contribution in [0.15, 0.2) is 54.6 Å². The van der Waals surface area contributed by atoms with Crippen molar-refractivity contribution in [3.63, 3.8) is 0 Å². The van der Waals surface area contributed by atoms with E-state index in [9.17, 15) is 36.4 Å². The van der Waals surface area contributed by atoms with E-state index in [2.05, 4.69) is 15.4 Å². The van der Waals surface area contributed by atoms with Gasteiger partial charge in [0.15, 0.2) is 0 Å². The van der Waals surface area contributed by atoms with Crippen molar-refractivity contribution in [1.82, 2.24) is 19.8 Å². The van der Waals surface area contributed by atoms with Gasteiger partial charge in [-0.25, -0.2) is 22.0 Å². The Morgan fingerprint density at radius 2 is 1.76 bits per heavy atom. The summed E-state index contributed by atoms with van der Waals surface area (Å²) in [5.41, 5.74) is 0.0396. The predicted molar refractivity (Wildman–Crippen MR) is 181 cm³/mol. The lowest BCUT2D eigenvalue weighted by Crippen LogP contribution is -2.57. The second-order valence-corrected chi connectivity index (χ2v) is 16.2. The first-order valence-electron chi connectivity index (χ1n) is 17.5. The third-order valence-electron chi connectivity index (χ3n) is 10.5. The smallest absolute Gasteiger partial charge is 0.410 e. The van der Waals surface area contributed by atoms with Gasteiger partial charge in [-0.05, 0) is 74.4 Å². The number of carbonyl (C=O) groups is 4. The standard InChI is InChI=1S/C36H41F2N5O7S/c37-24-11-13-25(14-12-24)39-30-10-5-3-1-2-4-8-23-18-36(23,34(46)41-51(48,49)27-15-16-27)40-32(44)31-17-26(20-43(31)33(30)45)50-35(47)42-19-22-7-6-9-29(38)28(22)21-42/h4,6-9,11-14,23,26-27,30-31,39H,1-3,5,10,15-21H2,(H,40,44)(H,41,46)/t23-,26-,30+,31+,36-/m1/s1. The first kappa shape index (κ1) is 34.9. The van der Waals surface area contributed by atoms with Crippen LogP contribution in [0.5, 0.6) is 0 Å². The van der Waals surface area contributed by atoms with Crippen LogP contribution in [0.3, 0.4) is 0 Å². The summed E-state index contributed by atoms with van der Waals surface area (Å²) in [5, 5.41) is 5.36. The van der Waals surface area contributed by atoms with E-state index in [0.717, 1.165) is 12.8 Å². The maximum Gasteiger partial charge on any atom is 0.410 e. The summed E-state index contributed by atoms with van der Waals surface area (Å²) in [7, 11) is -3.91. The van der Waals surface area contributed by atoms with E-state index in [-0.39, 0.29) is 32.5 Å². The van der Waals surface area contributed by atoms with Crippen LogP contribution in [0, 0.1) is 17.6 Å². The predicted octanol–water partition coefficient (Wildman–Crippen LogP) is 3.87. The Morgan fingerprint density at radius 3 is 2.51 bits per heavy atom. The lowest BCUT2D eigenvalue weighted by Gasteiger charge is -2.30. The normalized spacial score (nSPS) is 28.0.